The molecule has 1 fully saturated rings. The van der Waals surface area contributed by atoms with Crippen LogP contribution < -0.4 is 19.7 Å². The number of nitrogens with one attached hydrogen (secondary N) is 1. The second kappa shape index (κ2) is 10.1. The van der Waals surface area contributed by atoms with Crippen molar-refractivity contribution < 1.29 is 14.4 Å². The second-order valence-electron chi connectivity index (χ2n) is 8.94. The molecule has 3 heterocycles. The number of non-ortho nitro benzene ring substituents is 1. The highest BCUT2D eigenvalue weighted by atomic mass is 32.1. The third kappa shape index (κ3) is 4.22. The number of hydrogen-bond acceptors (Lipinski definition) is 6. The summed E-state index contributed by atoms with van der Waals surface area (Å²) in [5.74, 6) is 1.23. The lowest BCUT2D eigenvalue weighted by atomic mass is 9.96. The summed E-state index contributed by atoms with van der Waals surface area (Å²) in [5, 5.41) is 15.6. The zero-order valence-electron chi connectivity index (χ0n) is 21.4. The first-order chi connectivity index (χ1) is 18.3. The largest absolute Gasteiger partial charge is 0.495 e. The Hall–Kier alpha value is -4.44. The second-order valence-corrected chi connectivity index (χ2v) is 9.33. The van der Waals surface area contributed by atoms with Crippen LogP contribution in [0, 0.1) is 24.0 Å². The normalized spacial score (nSPS) is 16.8. The fourth-order valence-electron chi connectivity index (χ4n) is 5.18. The molecule has 38 heavy (non-hydrogen) atoms. The Morgan fingerprint density at radius 1 is 0.974 bits per heavy atom. The topological polar surface area (TPSA) is 94.7 Å². The monoisotopic (exact) mass is 529 g/mol. The van der Waals surface area contributed by atoms with Crippen molar-refractivity contribution in [1.29, 1.82) is 0 Å². The van der Waals surface area contributed by atoms with Crippen LogP contribution in [-0.2, 0) is 0 Å². The molecule has 4 aromatic rings. The van der Waals surface area contributed by atoms with Gasteiger partial charge in [0.15, 0.2) is 5.11 Å². The fraction of sp³-hybridized carbons (Fsp3) is 0.214. The lowest BCUT2D eigenvalue weighted by Crippen LogP contribution is -2.30. The molecule has 2 atom stereocenters. The summed E-state index contributed by atoms with van der Waals surface area (Å²) < 4.78 is 13.3. The van der Waals surface area contributed by atoms with Crippen molar-refractivity contribution in [2.45, 2.75) is 25.9 Å². The van der Waals surface area contributed by atoms with Crippen LogP contribution in [0.1, 0.15) is 34.7 Å². The number of benzene rings is 2. The van der Waals surface area contributed by atoms with Crippen LogP contribution in [-0.4, -0.2) is 33.8 Å². The smallest absolute Gasteiger partial charge is 0.271 e. The minimum absolute atomic E-state index is 0.0134. The number of pyridine rings is 1. The summed E-state index contributed by atoms with van der Waals surface area (Å²) in [6, 6.07) is 19.7. The Morgan fingerprint density at radius 3 is 2.37 bits per heavy atom. The number of aryl methyl sites for hydroxylation is 1. The Morgan fingerprint density at radius 2 is 1.68 bits per heavy atom. The van der Waals surface area contributed by atoms with Crippen LogP contribution in [0.25, 0.3) is 5.69 Å². The van der Waals surface area contributed by atoms with Gasteiger partial charge in [-0.25, -0.2) is 0 Å². The number of methoxy groups -OCH3 is 2. The molecule has 2 aromatic heterocycles. The van der Waals surface area contributed by atoms with Gasteiger partial charge >= 0.3 is 0 Å². The van der Waals surface area contributed by atoms with E-state index in [2.05, 4.69) is 21.3 Å². The summed E-state index contributed by atoms with van der Waals surface area (Å²) in [4.78, 5) is 17.9. The summed E-state index contributed by atoms with van der Waals surface area (Å²) in [6.45, 7) is 3.97. The number of nitro benzene ring substituents is 1. The van der Waals surface area contributed by atoms with E-state index in [1.807, 2.05) is 60.9 Å². The molecule has 5 rings (SSSR count). The van der Waals surface area contributed by atoms with Crippen molar-refractivity contribution >= 4 is 28.7 Å². The highest BCUT2D eigenvalue weighted by Crippen LogP contribution is 2.46. The van der Waals surface area contributed by atoms with Crippen LogP contribution >= 0.6 is 12.2 Å². The van der Waals surface area contributed by atoms with Crippen molar-refractivity contribution in [3.63, 3.8) is 0 Å². The standard InChI is InChI=1S/C28H27N5O4S/c1-17-15-20(18(2)31(17)23-16-19(33(34)35)12-13-25(23)37-4)27-26(21-9-7-8-14-29-21)30-28(38)32(27)22-10-5-6-11-24(22)36-3/h5-16,26-27H,1-4H3,(H,30,38)/t26-,27+/m0/s1. The average molecular weight is 530 g/mol. The van der Waals surface area contributed by atoms with E-state index < -0.39 is 4.92 Å². The molecule has 9 nitrogen and oxygen atoms in total. The van der Waals surface area contributed by atoms with Gasteiger partial charge in [0.2, 0.25) is 0 Å². The molecular weight excluding hydrogens is 502 g/mol. The van der Waals surface area contributed by atoms with Crippen molar-refractivity contribution in [2.24, 2.45) is 0 Å². The number of thiocarbonyl (C=S) groups is 1. The minimum Gasteiger partial charge on any atom is -0.495 e. The Kier molecular flexibility index (Phi) is 6.73. The van der Waals surface area contributed by atoms with Gasteiger partial charge in [-0.1, -0.05) is 18.2 Å². The van der Waals surface area contributed by atoms with Gasteiger partial charge in [0.1, 0.15) is 11.5 Å². The number of ether oxygens (including phenoxy) is 2. The van der Waals surface area contributed by atoms with E-state index >= 15 is 0 Å². The van der Waals surface area contributed by atoms with Crippen molar-refractivity contribution in [3.8, 4) is 17.2 Å². The Balaban J connectivity index is 1.73. The first kappa shape index (κ1) is 25.2. The van der Waals surface area contributed by atoms with Crippen LogP contribution in [0.5, 0.6) is 11.5 Å². The minimum atomic E-state index is -0.405. The van der Waals surface area contributed by atoms with Gasteiger partial charge < -0.3 is 24.3 Å². The molecule has 0 radical (unpaired) electrons. The van der Waals surface area contributed by atoms with Gasteiger partial charge in [-0.15, -0.1) is 0 Å². The van der Waals surface area contributed by atoms with Crippen molar-refractivity contribution in [3.05, 3.63) is 106 Å². The maximum Gasteiger partial charge on any atom is 0.271 e. The van der Waals surface area contributed by atoms with Crippen LogP contribution in [0.3, 0.4) is 0 Å². The first-order valence-electron chi connectivity index (χ1n) is 12.0. The lowest BCUT2D eigenvalue weighted by Gasteiger charge is -2.29. The lowest BCUT2D eigenvalue weighted by molar-refractivity contribution is -0.384. The van der Waals surface area contributed by atoms with E-state index in [0.29, 0.717) is 22.3 Å². The number of nitrogens with zero attached hydrogens (tertiary/aromatic N) is 4. The molecule has 0 amide bonds. The van der Waals surface area contributed by atoms with E-state index in [0.717, 1.165) is 28.3 Å². The molecular formula is C28H27N5O4S. The van der Waals surface area contributed by atoms with Gasteiger partial charge in [-0.3, -0.25) is 15.1 Å². The predicted molar refractivity (Wildman–Crippen MR) is 149 cm³/mol. The molecule has 0 saturated carbocycles. The highest BCUT2D eigenvalue weighted by Gasteiger charge is 2.43. The molecule has 0 bridgehead atoms. The van der Waals surface area contributed by atoms with Gasteiger partial charge in [0.25, 0.3) is 5.69 Å². The van der Waals surface area contributed by atoms with E-state index in [-0.39, 0.29) is 17.8 Å². The quantitative estimate of drug-likeness (QED) is 0.188. The third-order valence-electron chi connectivity index (χ3n) is 6.85. The van der Waals surface area contributed by atoms with E-state index in [4.69, 9.17) is 21.7 Å². The maximum absolute atomic E-state index is 11.6. The van der Waals surface area contributed by atoms with Crippen molar-refractivity contribution in [2.75, 3.05) is 19.1 Å². The zero-order chi connectivity index (χ0) is 27.0. The van der Waals surface area contributed by atoms with E-state index in [1.54, 1.807) is 26.5 Å². The molecule has 1 aliphatic rings. The van der Waals surface area contributed by atoms with Gasteiger partial charge in [0, 0.05) is 29.7 Å². The Bertz CT molecular complexity index is 1520. The van der Waals surface area contributed by atoms with Crippen LogP contribution in [0.15, 0.2) is 72.9 Å². The molecule has 1 aliphatic heterocycles. The molecule has 0 unspecified atom stereocenters. The summed E-state index contributed by atoms with van der Waals surface area (Å²) in [5.41, 5.74) is 5.04. The molecule has 10 heteroatoms. The number of para-hydroxylation sites is 2. The van der Waals surface area contributed by atoms with Crippen LogP contribution in [0.4, 0.5) is 11.4 Å². The molecule has 194 valence electrons. The molecule has 0 aliphatic carbocycles. The van der Waals surface area contributed by atoms with Crippen LogP contribution in [0.2, 0.25) is 0 Å². The highest BCUT2D eigenvalue weighted by molar-refractivity contribution is 7.80. The number of rotatable bonds is 7. The van der Waals surface area contributed by atoms with E-state index in [9.17, 15) is 10.1 Å². The molecule has 1 N–H and O–H groups in total. The number of nitro groups is 1. The third-order valence-corrected chi connectivity index (χ3v) is 7.16. The molecule has 2 aromatic carbocycles. The maximum atomic E-state index is 11.6. The fourth-order valence-corrected chi connectivity index (χ4v) is 5.52. The molecule has 0 spiro atoms. The Labute approximate surface area is 225 Å². The number of aromatic nitrogens is 2. The summed E-state index contributed by atoms with van der Waals surface area (Å²) >= 11 is 5.88. The number of hydrogen-bond donors (Lipinski definition) is 1. The van der Waals surface area contributed by atoms with Gasteiger partial charge in [0.05, 0.1) is 48.3 Å². The first-order valence-corrected chi connectivity index (χ1v) is 12.4. The average Bonchev–Trinajstić information content (AvgIpc) is 3.43. The van der Waals surface area contributed by atoms with E-state index in [1.165, 1.54) is 12.1 Å². The SMILES string of the molecule is COc1ccccc1N1C(=S)N[C@@H](c2ccccn2)[C@H]1c1cc(C)n(-c2cc([N+](=O)[O-])ccc2OC)c1C. The van der Waals surface area contributed by atoms with Crippen molar-refractivity contribution in [1.82, 2.24) is 14.9 Å². The summed E-state index contributed by atoms with van der Waals surface area (Å²) in [6.07, 6.45) is 1.76. The predicted octanol–water partition coefficient (Wildman–Crippen LogP) is 5.59. The van der Waals surface area contributed by atoms with Gasteiger partial charge in [-0.2, -0.15) is 0 Å². The number of anilines is 1. The summed E-state index contributed by atoms with van der Waals surface area (Å²) in [7, 11) is 3.19. The zero-order valence-corrected chi connectivity index (χ0v) is 22.2. The molecule has 1 saturated heterocycles. The van der Waals surface area contributed by atoms with Gasteiger partial charge in [-0.05, 0) is 68.0 Å².